The van der Waals surface area contributed by atoms with Gasteiger partial charge in [0.1, 0.15) is 0 Å². The third-order valence-corrected chi connectivity index (χ3v) is 3.57. The van der Waals surface area contributed by atoms with Crippen LogP contribution in [0.25, 0.3) is 0 Å². The molecule has 0 bridgehead atoms. The predicted molar refractivity (Wildman–Crippen MR) is 98.6 cm³/mol. The van der Waals surface area contributed by atoms with E-state index in [1.54, 1.807) is 0 Å². The molecule has 0 saturated heterocycles. The summed E-state index contributed by atoms with van der Waals surface area (Å²) in [7, 11) is 0. The summed E-state index contributed by atoms with van der Waals surface area (Å²) >= 11 is 5.91. The van der Waals surface area contributed by atoms with Gasteiger partial charge in [0.05, 0.1) is 6.33 Å². The maximum Gasteiger partial charge on any atom is 0.0945 e. The molecule has 0 aliphatic carbocycles. The Labute approximate surface area is 150 Å². The van der Waals surface area contributed by atoms with Crippen molar-refractivity contribution in [3.63, 3.8) is 0 Å². The molecule has 0 unspecified atom stereocenters. The van der Waals surface area contributed by atoms with Gasteiger partial charge in [0.25, 0.3) is 0 Å². The van der Waals surface area contributed by atoms with Crippen molar-refractivity contribution in [2.24, 2.45) is 0 Å². The van der Waals surface area contributed by atoms with E-state index in [0.717, 1.165) is 31.0 Å². The quantitative estimate of drug-likeness (QED) is 0.739. The smallest absolute Gasteiger partial charge is 0.0945 e. The molecule has 0 radical (unpaired) electrons. The number of rotatable bonds is 7. The second-order valence-electron chi connectivity index (χ2n) is 5.77. The van der Waals surface area contributed by atoms with E-state index in [9.17, 15) is 0 Å². The van der Waals surface area contributed by atoms with Crippen LogP contribution in [0.4, 0.5) is 0 Å². The van der Waals surface area contributed by atoms with E-state index in [2.05, 4.69) is 40.8 Å². The standard InChI is InChI=1S/C16H22ClN3.2ClH/c1-16(2,12-14-4-6-15(17)7-5-14)19-8-3-10-20-11-9-18-13-20;;/h4-7,9,11,13,19H,3,8,10,12H2,1-2H3;2*1H. The van der Waals surface area contributed by atoms with E-state index >= 15 is 0 Å². The molecule has 1 aromatic heterocycles. The highest BCUT2D eigenvalue weighted by Crippen LogP contribution is 2.15. The first-order chi connectivity index (χ1) is 9.55. The van der Waals surface area contributed by atoms with Crippen molar-refractivity contribution >= 4 is 36.4 Å². The van der Waals surface area contributed by atoms with Gasteiger partial charge in [-0.2, -0.15) is 0 Å². The summed E-state index contributed by atoms with van der Waals surface area (Å²) in [6, 6.07) is 8.09. The van der Waals surface area contributed by atoms with Crippen LogP contribution in [-0.4, -0.2) is 21.6 Å². The first-order valence-electron chi connectivity index (χ1n) is 7.00. The second kappa shape index (κ2) is 10.1. The molecule has 22 heavy (non-hydrogen) atoms. The number of imidazole rings is 1. The number of aryl methyl sites for hydroxylation is 1. The molecule has 1 aromatic carbocycles. The molecular weight excluding hydrogens is 341 g/mol. The Hall–Kier alpha value is -0.740. The minimum absolute atomic E-state index is 0. The molecule has 0 aliphatic rings. The van der Waals surface area contributed by atoms with Crippen LogP contribution >= 0.6 is 36.4 Å². The van der Waals surface area contributed by atoms with Gasteiger partial charge in [-0.3, -0.25) is 0 Å². The third-order valence-electron chi connectivity index (χ3n) is 3.32. The number of nitrogens with one attached hydrogen (secondary N) is 1. The zero-order valence-electron chi connectivity index (χ0n) is 13.0. The highest BCUT2D eigenvalue weighted by Gasteiger charge is 2.17. The zero-order chi connectivity index (χ0) is 14.4. The SMILES string of the molecule is CC(C)(Cc1ccc(Cl)cc1)NCCCn1ccnc1.Cl.Cl. The van der Waals surface area contributed by atoms with E-state index in [4.69, 9.17) is 11.6 Å². The van der Waals surface area contributed by atoms with Gasteiger partial charge in [-0.1, -0.05) is 23.7 Å². The zero-order valence-corrected chi connectivity index (χ0v) is 15.3. The van der Waals surface area contributed by atoms with E-state index < -0.39 is 0 Å². The van der Waals surface area contributed by atoms with Gasteiger partial charge < -0.3 is 9.88 Å². The van der Waals surface area contributed by atoms with Gasteiger partial charge in [0, 0.05) is 29.5 Å². The lowest BCUT2D eigenvalue weighted by Gasteiger charge is -2.26. The molecule has 0 saturated carbocycles. The molecule has 124 valence electrons. The van der Waals surface area contributed by atoms with Crippen molar-refractivity contribution in [3.8, 4) is 0 Å². The van der Waals surface area contributed by atoms with Crippen LogP contribution in [-0.2, 0) is 13.0 Å². The summed E-state index contributed by atoms with van der Waals surface area (Å²) in [6.45, 7) is 6.47. The fourth-order valence-corrected chi connectivity index (χ4v) is 2.41. The Morgan fingerprint density at radius 2 is 1.86 bits per heavy atom. The Bertz CT molecular complexity index is 510. The summed E-state index contributed by atoms with van der Waals surface area (Å²) in [5.41, 5.74) is 1.39. The molecule has 1 N–H and O–H groups in total. The Balaban J connectivity index is 0.00000220. The van der Waals surface area contributed by atoms with Gasteiger partial charge in [-0.25, -0.2) is 4.98 Å². The number of aromatic nitrogens is 2. The molecule has 0 spiro atoms. The Kier molecular flexibility index (Phi) is 9.77. The highest BCUT2D eigenvalue weighted by atomic mass is 35.5. The predicted octanol–water partition coefficient (Wildman–Crippen LogP) is 4.38. The van der Waals surface area contributed by atoms with Crippen molar-refractivity contribution in [2.45, 2.75) is 38.8 Å². The third kappa shape index (κ3) is 7.50. The topological polar surface area (TPSA) is 29.9 Å². The molecule has 3 nitrogen and oxygen atoms in total. The van der Waals surface area contributed by atoms with E-state index in [1.165, 1.54) is 5.56 Å². The molecule has 0 fully saturated rings. The lowest BCUT2D eigenvalue weighted by atomic mass is 9.95. The molecular formula is C16H24Cl3N3. The fraction of sp³-hybridized carbons (Fsp3) is 0.438. The van der Waals surface area contributed by atoms with Gasteiger partial charge in [-0.05, 0) is 50.9 Å². The van der Waals surface area contributed by atoms with Crippen LogP contribution in [0, 0.1) is 0 Å². The molecule has 0 atom stereocenters. The number of nitrogens with zero attached hydrogens (tertiary/aromatic N) is 2. The van der Waals surface area contributed by atoms with Crippen LogP contribution < -0.4 is 5.32 Å². The molecule has 2 rings (SSSR count). The van der Waals surface area contributed by atoms with Crippen molar-refractivity contribution in [1.82, 2.24) is 14.9 Å². The van der Waals surface area contributed by atoms with Gasteiger partial charge in [0.15, 0.2) is 0 Å². The summed E-state index contributed by atoms with van der Waals surface area (Å²) in [5, 5.41) is 4.41. The summed E-state index contributed by atoms with van der Waals surface area (Å²) in [6.07, 6.45) is 7.77. The minimum Gasteiger partial charge on any atom is -0.337 e. The molecule has 6 heteroatoms. The normalized spacial score (nSPS) is 10.7. The monoisotopic (exact) mass is 363 g/mol. The van der Waals surface area contributed by atoms with Crippen LogP contribution in [0.3, 0.4) is 0 Å². The first kappa shape index (κ1) is 21.3. The van der Waals surface area contributed by atoms with Crippen LogP contribution in [0.1, 0.15) is 25.8 Å². The Morgan fingerprint density at radius 1 is 1.18 bits per heavy atom. The van der Waals surface area contributed by atoms with Crippen LogP contribution in [0.5, 0.6) is 0 Å². The average molecular weight is 365 g/mol. The van der Waals surface area contributed by atoms with Gasteiger partial charge >= 0.3 is 0 Å². The highest BCUT2D eigenvalue weighted by molar-refractivity contribution is 6.30. The fourth-order valence-electron chi connectivity index (χ4n) is 2.28. The number of hydrogen-bond donors (Lipinski definition) is 1. The second-order valence-corrected chi connectivity index (χ2v) is 6.20. The average Bonchev–Trinajstić information content (AvgIpc) is 2.90. The van der Waals surface area contributed by atoms with Crippen LogP contribution in [0.15, 0.2) is 43.0 Å². The first-order valence-corrected chi connectivity index (χ1v) is 7.38. The van der Waals surface area contributed by atoms with Gasteiger partial charge in [-0.15, -0.1) is 24.8 Å². The van der Waals surface area contributed by atoms with Crippen molar-refractivity contribution < 1.29 is 0 Å². The maximum absolute atomic E-state index is 5.91. The number of benzene rings is 1. The van der Waals surface area contributed by atoms with E-state index in [0.29, 0.717) is 0 Å². The lowest BCUT2D eigenvalue weighted by Crippen LogP contribution is -2.42. The lowest BCUT2D eigenvalue weighted by molar-refractivity contribution is 0.378. The minimum atomic E-state index is 0. The summed E-state index contributed by atoms with van der Waals surface area (Å²) in [4.78, 5) is 4.04. The molecule has 1 heterocycles. The summed E-state index contributed by atoms with van der Waals surface area (Å²) in [5.74, 6) is 0. The number of halogens is 3. The number of hydrogen-bond acceptors (Lipinski definition) is 2. The van der Waals surface area contributed by atoms with E-state index in [1.807, 2.05) is 30.9 Å². The Morgan fingerprint density at radius 3 is 2.45 bits per heavy atom. The largest absolute Gasteiger partial charge is 0.337 e. The van der Waals surface area contributed by atoms with Crippen LogP contribution in [0.2, 0.25) is 5.02 Å². The molecule has 0 amide bonds. The van der Waals surface area contributed by atoms with Crippen molar-refractivity contribution in [1.29, 1.82) is 0 Å². The summed E-state index contributed by atoms with van der Waals surface area (Å²) < 4.78 is 2.11. The van der Waals surface area contributed by atoms with Crippen molar-refractivity contribution in [2.75, 3.05) is 6.54 Å². The van der Waals surface area contributed by atoms with Crippen molar-refractivity contribution in [3.05, 3.63) is 53.6 Å². The molecule has 2 aromatic rings. The maximum atomic E-state index is 5.91. The van der Waals surface area contributed by atoms with E-state index in [-0.39, 0.29) is 30.4 Å². The van der Waals surface area contributed by atoms with Gasteiger partial charge in [0.2, 0.25) is 0 Å². The molecule has 0 aliphatic heterocycles.